The van der Waals surface area contributed by atoms with Crippen molar-refractivity contribution in [3.05, 3.63) is 0 Å². The molecule has 0 unspecified atom stereocenters. The fraction of sp³-hybridized carbons (Fsp3) is 0. The van der Waals surface area contributed by atoms with Crippen LogP contribution in [0.15, 0.2) is 0 Å². The maximum atomic E-state index is 9.32. The average molecular weight is 494 g/mol. The van der Waals surface area contributed by atoms with E-state index in [9.17, 15) is 28.7 Å². The molecule has 21 heteroatoms. The predicted octanol–water partition coefficient (Wildman–Crippen LogP) is -27.1. The van der Waals surface area contributed by atoms with E-state index < -0.39 is 23.5 Å². The molecular formula is K4Na3O11P3. The summed E-state index contributed by atoms with van der Waals surface area (Å²) in [6, 6.07) is 0. The van der Waals surface area contributed by atoms with E-state index in [1.165, 1.54) is 0 Å². The summed E-state index contributed by atoms with van der Waals surface area (Å²) in [5.74, 6) is 0. The second kappa shape index (κ2) is 29.9. The Labute approximate surface area is 358 Å². The van der Waals surface area contributed by atoms with Crippen LogP contribution in [0.4, 0.5) is 0 Å². The van der Waals surface area contributed by atoms with Gasteiger partial charge in [0.1, 0.15) is 0 Å². The number of hydrogen-bond donors (Lipinski definition) is 0. The van der Waals surface area contributed by atoms with Gasteiger partial charge >= 0.3 is 294 Å². The third kappa shape index (κ3) is 92.0. The Bertz CT molecular complexity index is 280. The van der Waals surface area contributed by atoms with Gasteiger partial charge in [0.15, 0.2) is 0 Å². The second-order valence-corrected chi connectivity index (χ2v) is 4.76. The molecule has 0 aliphatic carbocycles. The molecule has 0 spiro atoms. The van der Waals surface area contributed by atoms with Crippen LogP contribution in [0.3, 0.4) is 0 Å². The number of phosphoric acid groups is 3. The Morgan fingerprint density at radius 3 is 0.619 bits per heavy atom. The summed E-state index contributed by atoms with van der Waals surface area (Å²) in [7, 11) is -16.7. The SMILES string of the molecule is O=P([O-])([O-])OP(=O)([O-])[O-].O=P([O-])([O-])[O-].[K+].[K+].[K+].[K+].[Na+].[Na+].[Na+]. The van der Waals surface area contributed by atoms with E-state index in [0.717, 1.165) is 0 Å². The van der Waals surface area contributed by atoms with Gasteiger partial charge in [-0.2, -0.15) is 7.82 Å². The van der Waals surface area contributed by atoms with Crippen LogP contribution in [0.2, 0.25) is 0 Å². The maximum absolute atomic E-state index is 9.32. The summed E-state index contributed by atoms with van der Waals surface area (Å²) < 4.78 is 29.7. The molecule has 0 aromatic heterocycles. The normalized spacial score (nSPS) is 8.71. The summed E-state index contributed by atoms with van der Waals surface area (Å²) in [4.78, 5) is 62.9. The van der Waals surface area contributed by atoms with Gasteiger partial charge in [-0.25, -0.2) is 0 Å². The van der Waals surface area contributed by atoms with Gasteiger partial charge in [-0.15, -0.1) is 0 Å². The van der Waals surface area contributed by atoms with Crippen molar-refractivity contribution in [3.8, 4) is 0 Å². The van der Waals surface area contributed by atoms with Crippen molar-refractivity contribution in [1.82, 2.24) is 0 Å². The van der Waals surface area contributed by atoms with E-state index >= 15 is 0 Å². The van der Waals surface area contributed by atoms with E-state index in [0.29, 0.717) is 0 Å². The van der Waals surface area contributed by atoms with E-state index in [4.69, 9.17) is 19.2 Å². The predicted molar refractivity (Wildman–Crippen MR) is 23.9 cm³/mol. The first kappa shape index (κ1) is 57.6. The van der Waals surface area contributed by atoms with Crippen molar-refractivity contribution in [1.29, 1.82) is 0 Å². The van der Waals surface area contributed by atoms with Crippen LogP contribution >= 0.6 is 23.5 Å². The molecule has 11 nitrogen and oxygen atoms in total. The Morgan fingerprint density at radius 2 is 0.619 bits per heavy atom. The van der Waals surface area contributed by atoms with Crippen LogP contribution in [0.5, 0.6) is 0 Å². The molecule has 0 radical (unpaired) electrons. The first-order valence-corrected chi connectivity index (χ1v) is 6.57. The van der Waals surface area contributed by atoms with Gasteiger partial charge in [0, 0.05) is 0 Å². The fourth-order valence-corrected chi connectivity index (χ4v) is 1.10. The van der Waals surface area contributed by atoms with Crippen molar-refractivity contribution in [2.75, 3.05) is 0 Å². The van der Waals surface area contributed by atoms with Crippen LogP contribution in [0.25, 0.3) is 0 Å². The van der Waals surface area contributed by atoms with Gasteiger partial charge in [0.2, 0.25) is 0 Å². The van der Waals surface area contributed by atoms with E-state index in [1.807, 2.05) is 0 Å². The van der Waals surface area contributed by atoms with Gasteiger partial charge < -0.3 is 52.3 Å². The van der Waals surface area contributed by atoms with E-state index in [2.05, 4.69) is 4.31 Å². The van der Waals surface area contributed by atoms with Crippen LogP contribution in [-0.4, -0.2) is 0 Å². The zero-order chi connectivity index (χ0) is 12.2. The topological polar surface area (TPSA) is 222 Å². The van der Waals surface area contributed by atoms with E-state index in [-0.39, 0.29) is 294 Å². The summed E-state index contributed by atoms with van der Waals surface area (Å²) in [5, 5.41) is 0. The molecule has 88 valence electrons. The molecular weight excluding hydrogens is 494 g/mol. The third-order valence-electron chi connectivity index (χ3n) is 0.200. The average Bonchev–Trinajstić information content (AvgIpc) is 1.42. The van der Waals surface area contributed by atoms with Gasteiger partial charge in [-0.1, -0.05) is 0 Å². The second-order valence-electron chi connectivity index (χ2n) is 1.42. The summed E-state index contributed by atoms with van der Waals surface area (Å²) >= 11 is 0. The molecule has 0 rings (SSSR count). The Balaban J connectivity index is -0.0000000157. The Morgan fingerprint density at radius 1 is 0.524 bits per heavy atom. The molecule has 0 aromatic rings. The molecule has 0 heterocycles. The van der Waals surface area contributed by atoms with Crippen molar-refractivity contribution < 1.29 is 346 Å². The van der Waals surface area contributed by atoms with Crippen molar-refractivity contribution in [2.45, 2.75) is 0 Å². The molecule has 0 N–H and O–H groups in total. The smallest absolute Gasteiger partial charge is 0.822 e. The Hall–Kier alpha value is 9.92. The molecule has 21 heavy (non-hydrogen) atoms. The van der Waals surface area contributed by atoms with Gasteiger partial charge in [-0.3, -0.25) is 0 Å². The number of hydrogen-bond acceptors (Lipinski definition) is 11. The monoisotopic (exact) mass is 494 g/mol. The van der Waals surface area contributed by atoms with Crippen LogP contribution in [-0.2, 0) is 18.0 Å². The Kier molecular flexibility index (Phi) is 82.1. The summed E-state index contributed by atoms with van der Waals surface area (Å²) in [6.07, 6.45) is 0. The molecule has 0 saturated heterocycles. The molecule has 0 amide bonds. The standard InChI is InChI=1S/4K.3Na.H4O7P2.H3O4P/c;;;;;;;1-8(2,3)7-9(4,5)6;1-5(2,3)4/h;;;;;;;(H2,1,2,3)(H2,4,5,6);(H3,1,2,3,4)/q7*+1;;/p-7. The minimum atomic E-state index is -5.68. The quantitative estimate of drug-likeness (QED) is 0.259. The fourth-order valence-electron chi connectivity index (χ4n) is 0.122. The summed E-state index contributed by atoms with van der Waals surface area (Å²) in [5.41, 5.74) is 0. The molecule has 0 atom stereocenters. The van der Waals surface area contributed by atoms with Crippen molar-refractivity contribution in [3.63, 3.8) is 0 Å². The van der Waals surface area contributed by atoms with Gasteiger partial charge in [-0.05, 0) is 0 Å². The number of rotatable bonds is 2. The van der Waals surface area contributed by atoms with Crippen molar-refractivity contribution >= 4 is 23.5 Å². The van der Waals surface area contributed by atoms with Crippen LogP contribution < -0.4 is 328 Å². The zero-order valence-electron chi connectivity index (χ0n) is 12.8. The first-order valence-electron chi connectivity index (χ1n) is 2.19. The molecule has 0 saturated carbocycles. The molecule has 0 aliphatic rings. The van der Waals surface area contributed by atoms with Gasteiger partial charge in [0.05, 0.1) is 15.6 Å². The maximum Gasteiger partial charge on any atom is 1.00 e. The van der Waals surface area contributed by atoms with Crippen LogP contribution in [0.1, 0.15) is 0 Å². The van der Waals surface area contributed by atoms with Gasteiger partial charge in [0.25, 0.3) is 0 Å². The summed E-state index contributed by atoms with van der Waals surface area (Å²) in [6.45, 7) is 0. The third-order valence-corrected chi connectivity index (χ3v) is 1.80. The molecule has 0 aliphatic heterocycles. The molecule has 0 bridgehead atoms. The minimum absolute atomic E-state index is 0. The first-order chi connectivity index (χ1) is 5.71. The molecule has 0 fully saturated rings. The minimum Gasteiger partial charge on any atom is -0.822 e. The van der Waals surface area contributed by atoms with E-state index in [1.54, 1.807) is 0 Å². The van der Waals surface area contributed by atoms with Crippen molar-refractivity contribution in [2.24, 2.45) is 0 Å². The molecule has 0 aromatic carbocycles. The zero-order valence-corrected chi connectivity index (χ0v) is 34.0. The van der Waals surface area contributed by atoms with Crippen LogP contribution in [0, 0.1) is 0 Å². The largest absolute Gasteiger partial charge is 1.00 e.